The molecule has 0 bridgehead atoms. The molecule has 1 aliphatic rings. The maximum absolute atomic E-state index is 4.16. The van der Waals surface area contributed by atoms with E-state index in [0.717, 1.165) is 19.6 Å². The zero-order valence-corrected chi connectivity index (χ0v) is 9.63. The van der Waals surface area contributed by atoms with Crippen molar-refractivity contribution in [2.24, 2.45) is 0 Å². The summed E-state index contributed by atoms with van der Waals surface area (Å²) in [6, 6.07) is 12.6. The predicted molar refractivity (Wildman–Crippen MR) is 70.2 cm³/mol. The Hall–Kier alpha value is -2.03. The van der Waals surface area contributed by atoms with Crippen molar-refractivity contribution in [3.8, 4) is 0 Å². The van der Waals surface area contributed by atoms with Gasteiger partial charge in [0.15, 0.2) is 0 Å². The maximum atomic E-state index is 4.16. The molecule has 0 unspecified atom stereocenters. The fourth-order valence-electron chi connectivity index (χ4n) is 2.22. The van der Waals surface area contributed by atoms with Crippen LogP contribution in [0.5, 0.6) is 0 Å². The number of fused-ring (bicyclic) bond motifs is 1. The van der Waals surface area contributed by atoms with Gasteiger partial charge in [0.25, 0.3) is 0 Å². The van der Waals surface area contributed by atoms with Crippen molar-refractivity contribution >= 4 is 11.4 Å². The number of benzene rings is 1. The molecule has 0 spiro atoms. The van der Waals surface area contributed by atoms with E-state index in [0.29, 0.717) is 0 Å². The molecule has 0 saturated carbocycles. The molecule has 3 nitrogen and oxygen atoms in total. The van der Waals surface area contributed by atoms with Crippen molar-refractivity contribution in [1.29, 1.82) is 0 Å². The average molecular weight is 225 g/mol. The van der Waals surface area contributed by atoms with Crippen LogP contribution in [0.2, 0.25) is 0 Å². The smallest absolute Gasteiger partial charge is 0.0605 e. The van der Waals surface area contributed by atoms with Gasteiger partial charge < -0.3 is 10.2 Å². The normalized spacial score (nSPS) is 14.0. The molecule has 0 fully saturated rings. The zero-order chi connectivity index (χ0) is 11.5. The van der Waals surface area contributed by atoms with Crippen LogP contribution in [0.4, 0.5) is 11.4 Å². The number of nitrogens with one attached hydrogen (secondary N) is 1. The second kappa shape index (κ2) is 4.45. The van der Waals surface area contributed by atoms with E-state index in [-0.39, 0.29) is 0 Å². The Bertz CT molecular complexity index is 496. The van der Waals surface area contributed by atoms with E-state index in [9.17, 15) is 0 Å². The first-order valence-corrected chi connectivity index (χ1v) is 5.90. The maximum Gasteiger partial charge on any atom is 0.0605 e. The van der Waals surface area contributed by atoms with E-state index in [4.69, 9.17) is 0 Å². The van der Waals surface area contributed by atoms with Crippen molar-refractivity contribution in [3.05, 3.63) is 54.4 Å². The van der Waals surface area contributed by atoms with Crippen molar-refractivity contribution in [2.75, 3.05) is 23.3 Å². The highest BCUT2D eigenvalue weighted by molar-refractivity contribution is 5.71. The summed E-state index contributed by atoms with van der Waals surface area (Å²) in [6.45, 7) is 2.95. The molecule has 3 heteroatoms. The summed E-state index contributed by atoms with van der Waals surface area (Å²) in [5.41, 5.74) is 3.76. The molecule has 1 aliphatic heterocycles. The Morgan fingerprint density at radius 1 is 1.18 bits per heavy atom. The second-order valence-electron chi connectivity index (χ2n) is 4.23. The molecule has 2 aromatic rings. The Balaban J connectivity index is 1.86. The van der Waals surface area contributed by atoms with Gasteiger partial charge in [-0.2, -0.15) is 0 Å². The van der Waals surface area contributed by atoms with Crippen LogP contribution < -0.4 is 10.2 Å². The SMILES string of the molecule is c1cncc(CN2CCNc3ccccc32)c1. The highest BCUT2D eigenvalue weighted by Crippen LogP contribution is 2.29. The van der Waals surface area contributed by atoms with Crippen molar-refractivity contribution in [3.63, 3.8) is 0 Å². The van der Waals surface area contributed by atoms with Gasteiger partial charge in [-0.3, -0.25) is 4.98 Å². The number of anilines is 2. The summed E-state index contributed by atoms with van der Waals surface area (Å²) in [6.07, 6.45) is 3.75. The first-order chi connectivity index (χ1) is 8.43. The Morgan fingerprint density at radius 3 is 3.00 bits per heavy atom. The summed E-state index contributed by atoms with van der Waals surface area (Å²) in [7, 11) is 0. The third-order valence-corrected chi connectivity index (χ3v) is 3.04. The third-order valence-electron chi connectivity index (χ3n) is 3.04. The molecule has 86 valence electrons. The lowest BCUT2D eigenvalue weighted by Gasteiger charge is -2.32. The highest BCUT2D eigenvalue weighted by Gasteiger charge is 2.15. The molecule has 17 heavy (non-hydrogen) atoms. The molecule has 1 N–H and O–H groups in total. The fourth-order valence-corrected chi connectivity index (χ4v) is 2.22. The molecule has 0 amide bonds. The van der Waals surface area contributed by atoms with Gasteiger partial charge in [-0.05, 0) is 23.8 Å². The van der Waals surface area contributed by atoms with Gasteiger partial charge >= 0.3 is 0 Å². The molecular formula is C14H15N3. The summed E-state index contributed by atoms with van der Waals surface area (Å²) in [4.78, 5) is 6.56. The minimum atomic E-state index is 0.923. The number of pyridine rings is 1. The monoisotopic (exact) mass is 225 g/mol. The predicted octanol–water partition coefficient (Wildman–Crippen LogP) is 2.51. The van der Waals surface area contributed by atoms with Gasteiger partial charge in [0, 0.05) is 32.0 Å². The number of aromatic nitrogens is 1. The fraction of sp³-hybridized carbons (Fsp3) is 0.214. The molecule has 0 radical (unpaired) electrons. The van der Waals surface area contributed by atoms with Gasteiger partial charge in [0.2, 0.25) is 0 Å². The molecule has 1 aromatic heterocycles. The number of hydrogen-bond donors (Lipinski definition) is 1. The highest BCUT2D eigenvalue weighted by atomic mass is 15.2. The number of para-hydroxylation sites is 2. The number of rotatable bonds is 2. The summed E-state index contributed by atoms with van der Waals surface area (Å²) < 4.78 is 0. The lowest BCUT2D eigenvalue weighted by atomic mass is 10.1. The third kappa shape index (κ3) is 2.09. The quantitative estimate of drug-likeness (QED) is 0.851. The molecule has 0 aliphatic carbocycles. The molecule has 0 atom stereocenters. The second-order valence-corrected chi connectivity index (χ2v) is 4.23. The average Bonchev–Trinajstić information content (AvgIpc) is 2.40. The van der Waals surface area contributed by atoms with E-state index in [1.807, 2.05) is 18.5 Å². The van der Waals surface area contributed by atoms with Crippen LogP contribution in [0.25, 0.3) is 0 Å². The molecule has 3 rings (SSSR count). The van der Waals surface area contributed by atoms with Gasteiger partial charge in [-0.25, -0.2) is 0 Å². The van der Waals surface area contributed by atoms with Crippen LogP contribution >= 0.6 is 0 Å². The van der Waals surface area contributed by atoms with Crippen molar-refractivity contribution in [1.82, 2.24) is 4.98 Å². The van der Waals surface area contributed by atoms with Crippen LogP contribution in [-0.4, -0.2) is 18.1 Å². The van der Waals surface area contributed by atoms with Crippen LogP contribution in [0, 0.1) is 0 Å². The summed E-state index contributed by atoms with van der Waals surface area (Å²) in [5, 5.41) is 3.42. The van der Waals surface area contributed by atoms with Crippen molar-refractivity contribution < 1.29 is 0 Å². The topological polar surface area (TPSA) is 28.2 Å². The van der Waals surface area contributed by atoms with E-state index in [2.05, 4.69) is 45.5 Å². The standard InChI is InChI=1S/C14H15N3/c1-2-6-14-13(5-1)16-8-9-17(14)11-12-4-3-7-15-10-12/h1-7,10,16H,8-9,11H2. The van der Waals surface area contributed by atoms with Crippen LogP contribution in [0.15, 0.2) is 48.8 Å². The summed E-state index contributed by atoms with van der Waals surface area (Å²) >= 11 is 0. The molecular weight excluding hydrogens is 210 g/mol. The molecule has 1 aromatic carbocycles. The van der Waals surface area contributed by atoms with Crippen LogP contribution in [0.3, 0.4) is 0 Å². The Kier molecular flexibility index (Phi) is 2.66. The van der Waals surface area contributed by atoms with Crippen molar-refractivity contribution in [2.45, 2.75) is 6.54 Å². The lowest BCUT2D eigenvalue weighted by Crippen LogP contribution is -2.33. The first-order valence-electron chi connectivity index (χ1n) is 5.90. The van der Waals surface area contributed by atoms with E-state index in [1.165, 1.54) is 16.9 Å². The Morgan fingerprint density at radius 2 is 2.12 bits per heavy atom. The van der Waals surface area contributed by atoms with Gasteiger partial charge in [-0.15, -0.1) is 0 Å². The largest absolute Gasteiger partial charge is 0.382 e. The van der Waals surface area contributed by atoms with E-state index >= 15 is 0 Å². The molecule has 2 heterocycles. The first kappa shape index (κ1) is 10.1. The van der Waals surface area contributed by atoms with Crippen LogP contribution in [0.1, 0.15) is 5.56 Å². The van der Waals surface area contributed by atoms with Gasteiger partial charge in [0.05, 0.1) is 11.4 Å². The van der Waals surface area contributed by atoms with E-state index in [1.54, 1.807) is 0 Å². The summed E-state index contributed by atoms with van der Waals surface area (Å²) in [5.74, 6) is 0. The van der Waals surface area contributed by atoms with Gasteiger partial charge in [0.1, 0.15) is 0 Å². The number of nitrogens with zero attached hydrogens (tertiary/aromatic N) is 2. The van der Waals surface area contributed by atoms with Gasteiger partial charge in [-0.1, -0.05) is 18.2 Å². The minimum Gasteiger partial charge on any atom is -0.382 e. The Labute approximate surface area is 101 Å². The lowest BCUT2D eigenvalue weighted by molar-refractivity contribution is 0.785. The molecule has 0 saturated heterocycles. The zero-order valence-electron chi connectivity index (χ0n) is 9.63. The van der Waals surface area contributed by atoms with E-state index < -0.39 is 0 Å². The minimum absolute atomic E-state index is 0.923. The number of hydrogen-bond acceptors (Lipinski definition) is 3. The van der Waals surface area contributed by atoms with Crippen LogP contribution in [-0.2, 0) is 6.54 Å².